The van der Waals surface area contributed by atoms with Crippen LogP contribution in [0.4, 0.5) is 0 Å². The Bertz CT molecular complexity index is 395. The predicted molar refractivity (Wildman–Crippen MR) is 73.6 cm³/mol. The van der Waals surface area contributed by atoms with Crippen molar-refractivity contribution < 1.29 is 9.47 Å². The largest absolute Gasteiger partial charge is 0.376 e. The third-order valence-electron chi connectivity index (χ3n) is 3.12. The molecule has 1 N–H and O–H groups in total. The molecule has 1 saturated heterocycles. The lowest BCUT2D eigenvalue weighted by atomic mass is 10.0. The molecule has 1 aliphatic heterocycles. The van der Waals surface area contributed by atoms with Gasteiger partial charge in [0, 0.05) is 16.1 Å². The van der Waals surface area contributed by atoms with Gasteiger partial charge >= 0.3 is 0 Å². The molecular weight excluding hydrogens is 273 g/mol. The van der Waals surface area contributed by atoms with Crippen molar-refractivity contribution in [3.05, 3.63) is 33.8 Å². The molecule has 3 nitrogen and oxygen atoms in total. The number of nitrogens with one attached hydrogen (secondary N) is 1. The van der Waals surface area contributed by atoms with Crippen LogP contribution in [0.25, 0.3) is 0 Å². The maximum absolute atomic E-state index is 6.19. The molecular formula is C13H17Cl2NO2. The van der Waals surface area contributed by atoms with E-state index in [4.69, 9.17) is 32.7 Å². The summed E-state index contributed by atoms with van der Waals surface area (Å²) in [6.07, 6.45) is 0.857. The molecule has 1 aliphatic rings. The molecule has 0 amide bonds. The maximum Gasteiger partial charge on any atom is 0.0965 e. The van der Waals surface area contributed by atoms with E-state index in [0.717, 1.165) is 12.0 Å². The Hall–Kier alpha value is -0.320. The Morgan fingerprint density at radius 1 is 1.39 bits per heavy atom. The summed E-state index contributed by atoms with van der Waals surface area (Å²) in [5.41, 5.74) is 1.06. The van der Waals surface area contributed by atoms with Crippen LogP contribution in [0, 0.1) is 0 Å². The second-order valence-corrected chi connectivity index (χ2v) is 5.16. The number of benzene rings is 1. The van der Waals surface area contributed by atoms with Crippen LogP contribution in [-0.4, -0.2) is 39.0 Å². The second kappa shape index (κ2) is 6.73. The molecule has 0 aromatic heterocycles. The zero-order valence-electron chi connectivity index (χ0n) is 10.3. The Kier molecular flexibility index (Phi) is 5.27. The van der Waals surface area contributed by atoms with Crippen molar-refractivity contribution in [2.24, 2.45) is 0 Å². The normalized spacial score (nSPS) is 21.8. The number of likely N-dealkylation sites (N-methyl/N-ethyl adjacent to an activating group) is 1. The highest BCUT2D eigenvalue weighted by Crippen LogP contribution is 2.23. The molecule has 2 unspecified atom stereocenters. The molecule has 100 valence electrons. The zero-order valence-corrected chi connectivity index (χ0v) is 11.8. The van der Waals surface area contributed by atoms with Gasteiger partial charge in [0.25, 0.3) is 0 Å². The van der Waals surface area contributed by atoms with Crippen LogP contribution in [-0.2, 0) is 15.9 Å². The number of halogens is 2. The first-order valence-corrected chi connectivity index (χ1v) is 6.77. The monoisotopic (exact) mass is 289 g/mol. The van der Waals surface area contributed by atoms with Gasteiger partial charge in [-0.2, -0.15) is 0 Å². The van der Waals surface area contributed by atoms with Gasteiger partial charge in [-0.05, 0) is 31.2 Å². The van der Waals surface area contributed by atoms with E-state index in [1.54, 1.807) is 6.07 Å². The van der Waals surface area contributed by atoms with Crippen molar-refractivity contribution in [2.45, 2.75) is 18.6 Å². The van der Waals surface area contributed by atoms with Crippen LogP contribution >= 0.6 is 23.2 Å². The van der Waals surface area contributed by atoms with Gasteiger partial charge in [0.05, 0.1) is 25.9 Å². The fraction of sp³-hybridized carbons (Fsp3) is 0.538. The zero-order chi connectivity index (χ0) is 13.0. The summed E-state index contributed by atoms with van der Waals surface area (Å²) in [6.45, 7) is 1.95. The molecule has 18 heavy (non-hydrogen) atoms. The van der Waals surface area contributed by atoms with Gasteiger partial charge < -0.3 is 14.8 Å². The molecule has 1 heterocycles. The quantitative estimate of drug-likeness (QED) is 0.924. The predicted octanol–water partition coefficient (Wildman–Crippen LogP) is 2.54. The van der Waals surface area contributed by atoms with Crippen LogP contribution in [0.3, 0.4) is 0 Å². The Morgan fingerprint density at radius 2 is 2.22 bits per heavy atom. The average molecular weight is 290 g/mol. The lowest BCUT2D eigenvalue weighted by Gasteiger charge is -2.30. The van der Waals surface area contributed by atoms with E-state index in [1.165, 1.54) is 0 Å². The molecule has 0 radical (unpaired) electrons. The molecule has 5 heteroatoms. The minimum Gasteiger partial charge on any atom is -0.376 e. The van der Waals surface area contributed by atoms with Gasteiger partial charge in [0.15, 0.2) is 0 Å². The SMILES string of the molecule is CNC(Cc1ccc(Cl)cc1Cl)C1COCCO1. The first-order valence-electron chi connectivity index (χ1n) is 6.01. The van der Waals surface area contributed by atoms with Crippen molar-refractivity contribution in [3.8, 4) is 0 Å². The molecule has 1 aromatic carbocycles. The van der Waals surface area contributed by atoms with E-state index in [1.807, 2.05) is 19.2 Å². The van der Waals surface area contributed by atoms with Crippen LogP contribution < -0.4 is 5.32 Å². The van der Waals surface area contributed by atoms with Gasteiger partial charge in [-0.1, -0.05) is 29.3 Å². The third kappa shape index (κ3) is 3.59. The first-order chi connectivity index (χ1) is 8.70. The summed E-state index contributed by atoms with van der Waals surface area (Å²) in [7, 11) is 1.92. The summed E-state index contributed by atoms with van der Waals surface area (Å²) in [4.78, 5) is 0. The Morgan fingerprint density at radius 3 is 2.83 bits per heavy atom. The molecule has 0 aliphatic carbocycles. The smallest absolute Gasteiger partial charge is 0.0965 e. The summed E-state index contributed by atoms with van der Waals surface area (Å²) in [5, 5.41) is 4.61. The summed E-state index contributed by atoms with van der Waals surface area (Å²) < 4.78 is 11.1. The van der Waals surface area contributed by atoms with Crippen molar-refractivity contribution in [1.82, 2.24) is 5.32 Å². The third-order valence-corrected chi connectivity index (χ3v) is 3.70. The van der Waals surface area contributed by atoms with Gasteiger partial charge in [-0.25, -0.2) is 0 Å². The minimum absolute atomic E-state index is 0.0653. The van der Waals surface area contributed by atoms with E-state index in [-0.39, 0.29) is 12.1 Å². The van der Waals surface area contributed by atoms with Gasteiger partial charge in [0.1, 0.15) is 0 Å². The standard InChI is InChI=1S/C13H17Cl2NO2/c1-16-12(13-8-17-4-5-18-13)6-9-2-3-10(14)7-11(9)15/h2-3,7,12-13,16H,4-6,8H2,1H3. The number of rotatable bonds is 4. The highest BCUT2D eigenvalue weighted by atomic mass is 35.5. The van der Waals surface area contributed by atoms with Crippen molar-refractivity contribution in [1.29, 1.82) is 0 Å². The van der Waals surface area contributed by atoms with Crippen molar-refractivity contribution in [2.75, 3.05) is 26.9 Å². The second-order valence-electron chi connectivity index (χ2n) is 4.32. The summed E-state index contributed by atoms with van der Waals surface area (Å²) >= 11 is 12.1. The highest BCUT2D eigenvalue weighted by Gasteiger charge is 2.24. The van der Waals surface area contributed by atoms with Crippen LogP contribution in [0.15, 0.2) is 18.2 Å². The summed E-state index contributed by atoms with van der Waals surface area (Å²) in [6, 6.07) is 5.76. The number of hydrogen-bond donors (Lipinski definition) is 1. The van der Waals surface area contributed by atoms with Crippen LogP contribution in [0.2, 0.25) is 10.0 Å². The molecule has 2 atom stereocenters. The number of ether oxygens (including phenoxy) is 2. The molecule has 1 aromatic rings. The lowest BCUT2D eigenvalue weighted by molar-refractivity contribution is -0.100. The molecule has 1 fully saturated rings. The highest BCUT2D eigenvalue weighted by molar-refractivity contribution is 6.35. The van der Waals surface area contributed by atoms with Crippen molar-refractivity contribution >= 4 is 23.2 Å². The lowest BCUT2D eigenvalue weighted by Crippen LogP contribution is -2.46. The average Bonchev–Trinajstić information content (AvgIpc) is 2.39. The van der Waals surface area contributed by atoms with Crippen LogP contribution in [0.5, 0.6) is 0 Å². The van der Waals surface area contributed by atoms with Gasteiger partial charge in [0.2, 0.25) is 0 Å². The Balaban J connectivity index is 2.04. The fourth-order valence-electron chi connectivity index (χ4n) is 2.08. The van der Waals surface area contributed by atoms with Crippen molar-refractivity contribution in [3.63, 3.8) is 0 Å². The Labute approximate surface area is 117 Å². The van der Waals surface area contributed by atoms with Crippen LogP contribution in [0.1, 0.15) is 5.56 Å². The molecule has 0 bridgehead atoms. The van der Waals surface area contributed by atoms with E-state index < -0.39 is 0 Å². The van der Waals surface area contributed by atoms with E-state index in [0.29, 0.717) is 29.9 Å². The molecule has 2 rings (SSSR count). The van der Waals surface area contributed by atoms with E-state index in [9.17, 15) is 0 Å². The van der Waals surface area contributed by atoms with E-state index in [2.05, 4.69) is 5.32 Å². The fourth-order valence-corrected chi connectivity index (χ4v) is 2.57. The molecule has 0 saturated carbocycles. The minimum atomic E-state index is 0.0653. The molecule has 0 spiro atoms. The summed E-state index contributed by atoms with van der Waals surface area (Å²) in [5.74, 6) is 0. The van der Waals surface area contributed by atoms with Gasteiger partial charge in [-0.3, -0.25) is 0 Å². The topological polar surface area (TPSA) is 30.5 Å². The van der Waals surface area contributed by atoms with Gasteiger partial charge in [-0.15, -0.1) is 0 Å². The number of hydrogen-bond acceptors (Lipinski definition) is 3. The maximum atomic E-state index is 6.19. The van der Waals surface area contributed by atoms with E-state index >= 15 is 0 Å². The first kappa shape index (κ1) is 14.1.